The van der Waals surface area contributed by atoms with Crippen LogP contribution in [0.1, 0.15) is 35.6 Å². The fourth-order valence-electron chi connectivity index (χ4n) is 4.76. The van der Waals surface area contributed by atoms with Crippen molar-refractivity contribution in [2.75, 3.05) is 25.8 Å². The third kappa shape index (κ3) is 5.17. The number of nitrogens with two attached hydrogens (primary N) is 1. The highest BCUT2D eigenvalue weighted by Crippen LogP contribution is 2.32. The van der Waals surface area contributed by atoms with Crippen molar-refractivity contribution in [3.8, 4) is 11.5 Å². The van der Waals surface area contributed by atoms with Gasteiger partial charge in [-0.05, 0) is 47.9 Å². The lowest BCUT2D eigenvalue weighted by Gasteiger charge is -2.18. The van der Waals surface area contributed by atoms with Crippen molar-refractivity contribution in [2.45, 2.75) is 25.4 Å². The number of amides is 1. The normalized spacial score (nSPS) is 15.6. The van der Waals surface area contributed by atoms with Crippen LogP contribution in [0.25, 0.3) is 0 Å². The Morgan fingerprint density at radius 3 is 2.40 bits per heavy atom. The predicted octanol–water partition coefficient (Wildman–Crippen LogP) is 3.82. The standard InChI is InChI=1S/C29H29ClN6O4/c1-18(27(31)37)36-28(33-35(29(36)38)16-19-9-14-24(39-2)25(15-19)40-3)34-17-23(20-7-5-4-6-8-20)26(32-34)21-10-12-22(30)13-11-21/h4-15,18,23H,16-17H2,1-3H3,(H2,31,37)/t18-,23?/m0/s1. The quantitative estimate of drug-likeness (QED) is 0.333. The van der Waals surface area contributed by atoms with Crippen LogP contribution in [0.5, 0.6) is 11.5 Å². The second-order valence-corrected chi connectivity index (χ2v) is 9.85. The molecule has 11 heteroatoms. The van der Waals surface area contributed by atoms with Crippen molar-refractivity contribution in [3.05, 3.63) is 105 Å². The van der Waals surface area contributed by atoms with Gasteiger partial charge in [0.15, 0.2) is 11.5 Å². The van der Waals surface area contributed by atoms with E-state index in [2.05, 4.69) is 5.10 Å². The number of hydrogen-bond donors (Lipinski definition) is 1. The summed E-state index contributed by atoms with van der Waals surface area (Å²) in [5.41, 5.74) is 8.67. The molecule has 2 N–H and O–H groups in total. The van der Waals surface area contributed by atoms with Crippen LogP contribution in [0.15, 0.2) is 82.7 Å². The number of aromatic nitrogens is 3. The Balaban J connectivity index is 1.59. The van der Waals surface area contributed by atoms with Gasteiger partial charge in [-0.2, -0.15) is 5.10 Å². The van der Waals surface area contributed by atoms with Crippen LogP contribution in [0.3, 0.4) is 0 Å². The number of benzene rings is 3. The molecule has 1 amide bonds. The Bertz CT molecular complexity index is 1610. The molecule has 0 bridgehead atoms. The molecule has 1 aromatic heterocycles. The molecule has 2 heterocycles. The molecule has 1 unspecified atom stereocenters. The summed E-state index contributed by atoms with van der Waals surface area (Å²) in [4.78, 5) is 25.9. The molecule has 3 aromatic carbocycles. The zero-order valence-corrected chi connectivity index (χ0v) is 23.1. The third-order valence-electron chi connectivity index (χ3n) is 6.92. The van der Waals surface area contributed by atoms with Crippen LogP contribution in [0.4, 0.5) is 5.95 Å². The zero-order chi connectivity index (χ0) is 28.4. The van der Waals surface area contributed by atoms with Crippen molar-refractivity contribution < 1.29 is 14.3 Å². The topological polar surface area (TPSA) is 117 Å². The van der Waals surface area contributed by atoms with Crippen LogP contribution in [0.2, 0.25) is 5.02 Å². The monoisotopic (exact) mass is 560 g/mol. The maximum Gasteiger partial charge on any atom is 0.348 e. The van der Waals surface area contributed by atoms with Crippen LogP contribution < -0.4 is 25.9 Å². The molecule has 5 rings (SSSR count). The van der Waals surface area contributed by atoms with Gasteiger partial charge in [0, 0.05) is 10.9 Å². The van der Waals surface area contributed by atoms with E-state index >= 15 is 0 Å². The van der Waals surface area contributed by atoms with Gasteiger partial charge in [-0.3, -0.25) is 4.79 Å². The van der Waals surface area contributed by atoms with E-state index in [-0.39, 0.29) is 18.4 Å². The number of hydrogen-bond acceptors (Lipinski definition) is 7. The summed E-state index contributed by atoms with van der Waals surface area (Å²) < 4.78 is 13.3. The predicted molar refractivity (Wildman–Crippen MR) is 154 cm³/mol. The van der Waals surface area contributed by atoms with E-state index in [1.165, 1.54) is 9.25 Å². The van der Waals surface area contributed by atoms with E-state index in [4.69, 9.17) is 31.9 Å². The zero-order valence-electron chi connectivity index (χ0n) is 22.3. The van der Waals surface area contributed by atoms with E-state index < -0.39 is 17.6 Å². The number of nitrogens with zero attached hydrogens (tertiary/aromatic N) is 5. The molecule has 0 radical (unpaired) electrons. The first-order valence-corrected chi connectivity index (χ1v) is 13.0. The second kappa shape index (κ2) is 11.3. The number of halogens is 1. The van der Waals surface area contributed by atoms with Crippen molar-refractivity contribution in [1.82, 2.24) is 14.3 Å². The van der Waals surface area contributed by atoms with Crippen molar-refractivity contribution >= 4 is 29.2 Å². The van der Waals surface area contributed by atoms with Gasteiger partial charge in [-0.25, -0.2) is 19.1 Å². The minimum Gasteiger partial charge on any atom is -0.493 e. The lowest BCUT2D eigenvalue weighted by Crippen LogP contribution is -2.35. The fraction of sp³-hybridized carbons (Fsp3) is 0.241. The summed E-state index contributed by atoms with van der Waals surface area (Å²) in [7, 11) is 3.10. The molecule has 0 aliphatic carbocycles. The van der Waals surface area contributed by atoms with Crippen LogP contribution in [-0.2, 0) is 11.3 Å². The van der Waals surface area contributed by atoms with Gasteiger partial charge >= 0.3 is 5.69 Å². The molecule has 1 aliphatic rings. The summed E-state index contributed by atoms with van der Waals surface area (Å²) in [6.07, 6.45) is 0. The molecule has 206 valence electrons. The first-order valence-electron chi connectivity index (χ1n) is 12.7. The number of ether oxygens (including phenoxy) is 2. The van der Waals surface area contributed by atoms with E-state index in [0.29, 0.717) is 23.1 Å². The van der Waals surface area contributed by atoms with Gasteiger partial charge < -0.3 is 15.2 Å². The minimum absolute atomic E-state index is 0.120. The van der Waals surface area contributed by atoms with E-state index in [0.717, 1.165) is 22.4 Å². The minimum atomic E-state index is -0.952. The third-order valence-corrected chi connectivity index (χ3v) is 7.17. The highest BCUT2D eigenvalue weighted by Gasteiger charge is 2.34. The molecular formula is C29H29ClN6O4. The Labute approximate surface area is 236 Å². The average molecular weight is 561 g/mol. The van der Waals surface area contributed by atoms with Gasteiger partial charge in [0.25, 0.3) is 0 Å². The van der Waals surface area contributed by atoms with E-state index in [1.54, 1.807) is 38.3 Å². The van der Waals surface area contributed by atoms with Gasteiger partial charge in [0.05, 0.1) is 33.0 Å². The first kappa shape index (κ1) is 27.0. The van der Waals surface area contributed by atoms with Gasteiger partial charge in [-0.15, -0.1) is 5.10 Å². The lowest BCUT2D eigenvalue weighted by molar-refractivity contribution is -0.120. The van der Waals surface area contributed by atoms with Crippen LogP contribution in [-0.4, -0.2) is 46.7 Å². The number of anilines is 1. The smallest absolute Gasteiger partial charge is 0.348 e. The summed E-state index contributed by atoms with van der Waals surface area (Å²) >= 11 is 6.14. The molecule has 4 aromatic rings. The summed E-state index contributed by atoms with van der Waals surface area (Å²) in [5.74, 6) is 0.545. The summed E-state index contributed by atoms with van der Waals surface area (Å²) in [6, 6.07) is 21.8. The number of methoxy groups -OCH3 is 2. The molecule has 0 saturated carbocycles. The molecular weight excluding hydrogens is 532 g/mol. The number of rotatable bonds is 9. The van der Waals surface area contributed by atoms with Crippen LogP contribution >= 0.6 is 11.6 Å². The van der Waals surface area contributed by atoms with E-state index in [9.17, 15) is 9.59 Å². The molecule has 2 atom stereocenters. The van der Waals surface area contributed by atoms with E-state index in [1.807, 2.05) is 60.7 Å². The van der Waals surface area contributed by atoms with Crippen LogP contribution in [0, 0.1) is 0 Å². The molecule has 1 aliphatic heterocycles. The number of carbonyl (C=O) groups is 1. The average Bonchev–Trinajstić information content (AvgIpc) is 3.55. The Hall–Kier alpha value is -4.57. The molecule has 0 spiro atoms. The highest BCUT2D eigenvalue weighted by atomic mass is 35.5. The van der Waals surface area contributed by atoms with Crippen molar-refractivity contribution in [2.24, 2.45) is 10.8 Å². The van der Waals surface area contributed by atoms with Gasteiger partial charge in [0.1, 0.15) is 6.04 Å². The van der Waals surface area contributed by atoms with Gasteiger partial charge in [0.2, 0.25) is 11.9 Å². The molecule has 0 saturated heterocycles. The molecule has 0 fully saturated rings. The Morgan fingerprint density at radius 2 is 1.75 bits per heavy atom. The second-order valence-electron chi connectivity index (χ2n) is 9.42. The maximum absolute atomic E-state index is 13.6. The first-order chi connectivity index (χ1) is 19.3. The highest BCUT2D eigenvalue weighted by molar-refractivity contribution is 6.30. The summed E-state index contributed by atoms with van der Waals surface area (Å²) in [5, 5.41) is 11.8. The van der Waals surface area contributed by atoms with Gasteiger partial charge in [-0.1, -0.05) is 60.1 Å². The summed E-state index contributed by atoms with van der Waals surface area (Å²) in [6.45, 7) is 2.11. The molecule has 10 nitrogen and oxygen atoms in total. The Kier molecular flexibility index (Phi) is 7.61. The fourth-order valence-corrected chi connectivity index (χ4v) is 4.89. The maximum atomic E-state index is 13.6. The number of hydrazone groups is 1. The largest absolute Gasteiger partial charge is 0.493 e. The van der Waals surface area contributed by atoms with Crippen molar-refractivity contribution in [1.29, 1.82) is 0 Å². The SMILES string of the molecule is COc1ccc(Cn2nc(N3CC(c4ccccc4)C(c4ccc(Cl)cc4)=N3)n([C@@H](C)C(N)=O)c2=O)cc1OC. The number of carbonyl (C=O) groups excluding carboxylic acids is 1. The molecule has 40 heavy (non-hydrogen) atoms. The Morgan fingerprint density at radius 1 is 1.05 bits per heavy atom. The lowest BCUT2D eigenvalue weighted by atomic mass is 9.91. The van der Waals surface area contributed by atoms with Crippen molar-refractivity contribution in [3.63, 3.8) is 0 Å². The number of primary amides is 1.